The number of aryl methyl sites for hydroxylation is 2. The second kappa shape index (κ2) is 5.41. The largest absolute Gasteiger partial charge is 0.573 e. The van der Waals surface area contributed by atoms with Crippen LogP contribution in [-0.4, -0.2) is 16.5 Å². The summed E-state index contributed by atoms with van der Waals surface area (Å²) in [5, 5.41) is 11.0. The highest BCUT2D eigenvalue weighted by atomic mass is 32.1. The van der Waals surface area contributed by atoms with E-state index in [0.717, 1.165) is 5.01 Å². The molecule has 2 aromatic rings. The van der Waals surface area contributed by atoms with Crippen LogP contribution < -0.4 is 4.74 Å². The molecule has 20 heavy (non-hydrogen) atoms. The minimum Gasteiger partial charge on any atom is -0.406 e. The Bertz CT molecular complexity index is 610. The molecule has 0 bridgehead atoms. The van der Waals surface area contributed by atoms with Gasteiger partial charge in [-0.15, -0.1) is 24.5 Å². The fourth-order valence-corrected chi connectivity index (χ4v) is 2.78. The van der Waals surface area contributed by atoms with Crippen LogP contribution in [0.3, 0.4) is 0 Å². The first-order valence-electron chi connectivity index (χ1n) is 5.74. The number of alkyl halides is 3. The Morgan fingerprint density at radius 3 is 2.55 bits per heavy atom. The summed E-state index contributed by atoms with van der Waals surface area (Å²) < 4.78 is 40.4. The van der Waals surface area contributed by atoms with E-state index in [9.17, 15) is 18.3 Å². The highest BCUT2D eigenvalue weighted by Gasteiger charge is 2.31. The van der Waals surface area contributed by atoms with Gasteiger partial charge in [0.25, 0.3) is 0 Å². The second-order valence-electron chi connectivity index (χ2n) is 4.21. The molecule has 0 saturated carbocycles. The van der Waals surface area contributed by atoms with Crippen LogP contribution in [0.15, 0.2) is 24.3 Å². The molecule has 7 heteroatoms. The Hall–Kier alpha value is -1.60. The summed E-state index contributed by atoms with van der Waals surface area (Å²) in [6, 6.07) is 5.31. The highest BCUT2D eigenvalue weighted by molar-refractivity contribution is 7.11. The lowest BCUT2D eigenvalue weighted by Gasteiger charge is -2.13. The summed E-state index contributed by atoms with van der Waals surface area (Å²) in [6.07, 6.45) is -5.77. The first kappa shape index (κ1) is 14.8. The monoisotopic (exact) mass is 303 g/mol. The molecule has 0 aliphatic rings. The molecule has 0 aliphatic heterocycles. The van der Waals surface area contributed by atoms with Crippen molar-refractivity contribution in [3.8, 4) is 5.75 Å². The van der Waals surface area contributed by atoms with Crippen LogP contribution in [0.2, 0.25) is 0 Å². The van der Waals surface area contributed by atoms with E-state index in [1.165, 1.54) is 29.5 Å². The van der Waals surface area contributed by atoms with Crippen molar-refractivity contribution in [3.05, 3.63) is 45.4 Å². The maximum atomic E-state index is 12.2. The van der Waals surface area contributed by atoms with Crippen LogP contribution in [0.25, 0.3) is 0 Å². The summed E-state index contributed by atoms with van der Waals surface area (Å²) in [4.78, 5) is 4.80. The molecular formula is C13H12F3NO2S. The average molecular weight is 303 g/mol. The quantitative estimate of drug-likeness (QED) is 0.939. The fraction of sp³-hybridized carbons (Fsp3) is 0.308. The SMILES string of the molecule is Cc1nc(C)c(C(O)c2cccc(OC(F)(F)F)c2)s1. The van der Waals surface area contributed by atoms with Crippen molar-refractivity contribution in [2.45, 2.75) is 26.3 Å². The van der Waals surface area contributed by atoms with Gasteiger partial charge in [0.05, 0.1) is 15.6 Å². The van der Waals surface area contributed by atoms with Gasteiger partial charge in [0.2, 0.25) is 0 Å². The fourth-order valence-electron chi connectivity index (χ4n) is 1.83. The van der Waals surface area contributed by atoms with E-state index >= 15 is 0 Å². The van der Waals surface area contributed by atoms with Crippen LogP contribution in [0.4, 0.5) is 13.2 Å². The zero-order chi connectivity index (χ0) is 14.9. The van der Waals surface area contributed by atoms with E-state index in [0.29, 0.717) is 16.1 Å². The molecule has 2 rings (SSSR count). The molecule has 108 valence electrons. The van der Waals surface area contributed by atoms with E-state index in [1.54, 1.807) is 19.9 Å². The molecule has 1 N–H and O–H groups in total. The van der Waals surface area contributed by atoms with Crippen LogP contribution in [-0.2, 0) is 0 Å². The van der Waals surface area contributed by atoms with Gasteiger partial charge >= 0.3 is 6.36 Å². The number of hydrogen-bond acceptors (Lipinski definition) is 4. The number of benzene rings is 1. The van der Waals surface area contributed by atoms with Crippen LogP contribution in [0.1, 0.15) is 27.2 Å². The molecule has 1 unspecified atom stereocenters. The third kappa shape index (κ3) is 3.49. The zero-order valence-corrected chi connectivity index (χ0v) is 11.5. The number of aliphatic hydroxyl groups is 1. The molecule has 1 atom stereocenters. The smallest absolute Gasteiger partial charge is 0.406 e. The van der Waals surface area contributed by atoms with Gasteiger partial charge in [-0.2, -0.15) is 0 Å². The third-order valence-electron chi connectivity index (χ3n) is 2.60. The van der Waals surface area contributed by atoms with Crippen molar-refractivity contribution in [1.29, 1.82) is 0 Å². The summed E-state index contributed by atoms with van der Waals surface area (Å²) in [5.41, 5.74) is 1.00. The van der Waals surface area contributed by atoms with Gasteiger partial charge < -0.3 is 9.84 Å². The van der Waals surface area contributed by atoms with Gasteiger partial charge in [-0.1, -0.05) is 12.1 Å². The molecule has 3 nitrogen and oxygen atoms in total. The summed E-state index contributed by atoms with van der Waals surface area (Å²) in [6.45, 7) is 3.55. The van der Waals surface area contributed by atoms with Gasteiger partial charge in [-0.05, 0) is 31.5 Å². The summed E-state index contributed by atoms with van der Waals surface area (Å²) in [5.74, 6) is -0.354. The maximum absolute atomic E-state index is 12.2. The molecule has 0 saturated heterocycles. The molecule has 1 aromatic heterocycles. The molecule has 1 aromatic carbocycles. The van der Waals surface area contributed by atoms with Gasteiger partial charge in [-0.3, -0.25) is 0 Å². The van der Waals surface area contributed by atoms with Crippen molar-refractivity contribution in [3.63, 3.8) is 0 Å². The predicted molar refractivity (Wildman–Crippen MR) is 68.8 cm³/mol. The van der Waals surface area contributed by atoms with Gasteiger partial charge in [0.15, 0.2) is 0 Å². The number of aromatic nitrogens is 1. The standard InChI is InChI=1S/C13H12F3NO2S/c1-7-12(20-8(2)17-7)11(18)9-4-3-5-10(6-9)19-13(14,15)16/h3-6,11,18H,1-2H3. The Morgan fingerprint density at radius 2 is 2.00 bits per heavy atom. The zero-order valence-electron chi connectivity index (χ0n) is 10.7. The van der Waals surface area contributed by atoms with Crippen LogP contribution in [0, 0.1) is 13.8 Å². The summed E-state index contributed by atoms with van der Waals surface area (Å²) >= 11 is 1.31. The minimum atomic E-state index is -4.75. The first-order chi connectivity index (χ1) is 9.26. The number of rotatable bonds is 3. The van der Waals surface area contributed by atoms with E-state index < -0.39 is 12.5 Å². The van der Waals surface area contributed by atoms with Gasteiger partial charge in [0.1, 0.15) is 11.9 Å². The first-order valence-corrected chi connectivity index (χ1v) is 6.55. The molecule has 0 aliphatic carbocycles. The molecule has 1 heterocycles. The normalized spacial score (nSPS) is 13.3. The lowest BCUT2D eigenvalue weighted by Crippen LogP contribution is -2.17. The highest BCUT2D eigenvalue weighted by Crippen LogP contribution is 2.32. The minimum absolute atomic E-state index is 0.332. The van der Waals surface area contributed by atoms with Crippen LogP contribution >= 0.6 is 11.3 Å². The van der Waals surface area contributed by atoms with Crippen molar-refractivity contribution >= 4 is 11.3 Å². The summed E-state index contributed by atoms with van der Waals surface area (Å²) in [7, 11) is 0. The third-order valence-corrected chi connectivity index (χ3v) is 3.72. The molecule has 0 radical (unpaired) electrons. The Balaban J connectivity index is 2.29. The van der Waals surface area contributed by atoms with E-state index in [2.05, 4.69) is 9.72 Å². The Kier molecular flexibility index (Phi) is 4.01. The second-order valence-corrected chi connectivity index (χ2v) is 5.44. The average Bonchev–Trinajstić information content (AvgIpc) is 2.65. The molecular weight excluding hydrogens is 291 g/mol. The van der Waals surface area contributed by atoms with Gasteiger partial charge in [-0.25, -0.2) is 4.98 Å². The van der Waals surface area contributed by atoms with Crippen molar-refractivity contribution < 1.29 is 23.0 Å². The molecule has 0 spiro atoms. The van der Waals surface area contributed by atoms with E-state index in [4.69, 9.17) is 0 Å². The number of halogens is 3. The lowest BCUT2D eigenvalue weighted by atomic mass is 10.1. The van der Waals surface area contributed by atoms with E-state index in [-0.39, 0.29) is 5.75 Å². The number of aliphatic hydroxyl groups excluding tert-OH is 1. The number of ether oxygens (including phenoxy) is 1. The molecule has 0 amide bonds. The predicted octanol–water partition coefficient (Wildman–Crippen LogP) is 3.74. The van der Waals surface area contributed by atoms with Crippen molar-refractivity contribution in [2.75, 3.05) is 0 Å². The van der Waals surface area contributed by atoms with Crippen LogP contribution in [0.5, 0.6) is 5.75 Å². The van der Waals surface area contributed by atoms with Gasteiger partial charge in [0, 0.05) is 0 Å². The van der Waals surface area contributed by atoms with Crippen molar-refractivity contribution in [2.24, 2.45) is 0 Å². The van der Waals surface area contributed by atoms with E-state index in [1.807, 2.05) is 0 Å². The number of nitrogens with zero attached hydrogens (tertiary/aromatic N) is 1. The molecule has 0 fully saturated rings. The number of hydrogen-bond donors (Lipinski definition) is 1. The Labute approximate surface area is 117 Å². The number of thiazole rings is 1. The van der Waals surface area contributed by atoms with Crippen molar-refractivity contribution in [1.82, 2.24) is 4.98 Å². The maximum Gasteiger partial charge on any atom is 0.573 e. The lowest BCUT2D eigenvalue weighted by molar-refractivity contribution is -0.274. The Morgan fingerprint density at radius 1 is 1.30 bits per heavy atom. The topological polar surface area (TPSA) is 42.4 Å².